The number of amides is 1. The Morgan fingerprint density at radius 1 is 0.875 bits per heavy atom. The van der Waals surface area contributed by atoms with E-state index in [1.807, 2.05) is 84.9 Å². The van der Waals surface area contributed by atoms with E-state index in [-0.39, 0.29) is 11.7 Å². The number of hydrogen-bond donors (Lipinski definition) is 1. The third-order valence-electron chi connectivity index (χ3n) is 5.22. The minimum Gasteiger partial charge on any atom is -0.352 e. The zero-order valence-electron chi connectivity index (χ0n) is 17.8. The highest BCUT2D eigenvalue weighted by atomic mass is 32.2. The highest BCUT2D eigenvalue weighted by molar-refractivity contribution is 7.89. The van der Waals surface area contributed by atoms with E-state index >= 15 is 0 Å². The highest BCUT2D eigenvalue weighted by Crippen LogP contribution is 2.31. The number of rotatable bonds is 7. The molecule has 0 aliphatic heterocycles. The highest BCUT2D eigenvalue weighted by Gasteiger charge is 2.24. The average Bonchev–Trinajstić information content (AvgIpc) is 2.79. The Morgan fingerprint density at radius 3 is 2.19 bits per heavy atom. The van der Waals surface area contributed by atoms with E-state index < -0.39 is 9.84 Å². The van der Waals surface area contributed by atoms with E-state index in [9.17, 15) is 13.2 Å². The van der Waals surface area contributed by atoms with Gasteiger partial charge in [0.15, 0.2) is 9.84 Å². The molecule has 0 radical (unpaired) electrons. The number of para-hydroxylation sites is 1. The first kappa shape index (κ1) is 21.7. The molecular formula is C26H24N2O3S. The molecule has 0 aliphatic carbocycles. The van der Waals surface area contributed by atoms with Crippen LogP contribution in [0.1, 0.15) is 21.5 Å². The lowest BCUT2D eigenvalue weighted by Gasteiger charge is -2.17. The molecule has 162 valence electrons. The molecule has 3 aromatic carbocycles. The predicted molar refractivity (Wildman–Crippen MR) is 128 cm³/mol. The monoisotopic (exact) mass is 444 g/mol. The first-order chi connectivity index (χ1) is 15.4. The minimum absolute atomic E-state index is 0.267. The third kappa shape index (κ3) is 5.03. The number of fused-ring (bicyclic) bond motifs is 1. The fourth-order valence-corrected chi connectivity index (χ4v) is 4.61. The molecule has 1 amide bonds. The molecule has 0 spiro atoms. The van der Waals surface area contributed by atoms with Crippen molar-refractivity contribution in [3.8, 4) is 11.3 Å². The van der Waals surface area contributed by atoms with Gasteiger partial charge in [-0.1, -0.05) is 78.9 Å². The molecule has 0 fully saturated rings. The van der Waals surface area contributed by atoms with Crippen LogP contribution in [0.3, 0.4) is 0 Å². The molecule has 0 saturated heterocycles. The van der Waals surface area contributed by atoms with Crippen LogP contribution in [0.5, 0.6) is 0 Å². The number of pyridine rings is 1. The maximum absolute atomic E-state index is 13.4. The van der Waals surface area contributed by atoms with Gasteiger partial charge in [-0.3, -0.25) is 4.79 Å². The number of aromatic nitrogens is 1. The Morgan fingerprint density at radius 2 is 1.50 bits per heavy atom. The predicted octanol–water partition coefficient (Wildman–Crippen LogP) is 4.42. The Bertz CT molecular complexity index is 1350. The second kappa shape index (κ2) is 9.32. The topological polar surface area (TPSA) is 76.1 Å². The van der Waals surface area contributed by atoms with Crippen molar-refractivity contribution in [3.05, 3.63) is 102 Å². The van der Waals surface area contributed by atoms with Crippen molar-refractivity contribution in [1.82, 2.24) is 10.3 Å². The molecule has 0 saturated carbocycles. The van der Waals surface area contributed by atoms with Gasteiger partial charge in [0.25, 0.3) is 5.91 Å². The Kier molecular flexibility index (Phi) is 6.32. The van der Waals surface area contributed by atoms with E-state index in [4.69, 9.17) is 4.98 Å². The van der Waals surface area contributed by atoms with Gasteiger partial charge in [-0.25, -0.2) is 13.4 Å². The van der Waals surface area contributed by atoms with Gasteiger partial charge < -0.3 is 5.32 Å². The quantitative estimate of drug-likeness (QED) is 0.458. The largest absolute Gasteiger partial charge is 0.352 e. The molecule has 4 rings (SSSR count). The van der Waals surface area contributed by atoms with Crippen molar-refractivity contribution in [2.24, 2.45) is 0 Å². The number of benzene rings is 3. The lowest BCUT2D eigenvalue weighted by atomic mass is 9.97. The minimum atomic E-state index is -3.42. The van der Waals surface area contributed by atoms with Gasteiger partial charge in [-0.05, 0) is 18.1 Å². The van der Waals surface area contributed by atoms with E-state index in [0.717, 1.165) is 11.1 Å². The number of sulfone groups is 1. The van der Waals surface area contributed by atoms with Crippen molar-refractivity contribution >= 4 is 26.6 Å². The standard InChI is InChI=1S/C26H24N2O3S/c1-32(30,31)18-22-24(26(29)27-17-16-19-10-4-2-5-11-19)21-14-8-9-15-23(21)28-25(22)20-12-6-3-7-13-20/h2-15H,16-18H2,1H3,(H,27,29). The van der Waals surface area contributed by atoms with Crippen LogP contribution in [-0.2, 0) is 22.0 Å². The second-order valence-electron chi connectivity index (χ2n) is 7.76. The number of nitrogens with one attached hydrogen (secondary N) is 1. The Labute approximate surface area is 188 Å². The molecule has 4 aromatic rings. The zero-order chi connectivity index (χ0) is 22.6. The van der Waals surface area contributed by atoms with Gasteiger partial charge in [0.2, 0.25) is 0 Å². The second-order valence-corrected chi connectivity index (χ2v) is 9.90. The Balaban J connectivity index is 1.81. The molecule has 1 heterocycles. The van der Waals surface area contributed by atoms with Gasteiger partial charge in [-0.15, -0.1) is 0 Å². The summed E-state index contributed by atoms with van der Waals surface area (Å²) >= 11 is 0. The molecule has 5 nitrogen and oxygen atoms in total. The van der Waals surface area contributed by atoms with E-state index in [2.05, 4.69) is 5.32 Å². The summed E-state index contributed by atoms with van der Waals surface area (Å²) in [5, 5.41) is 3.62. The molecule has 6 heteroatoms. The number of carbonyl (C=O) groups excluding carboxylic acids is 1. The van der Waals surface area contributed by atoms with Crippen LogP contribution < -0.4 is 5.32 Å². The fourth-order valence-electron chi connectivity index (χ4n) is 3.80. The van der Waals surface area contributed by atoms with Crippen molar-refractivity contribution in [3.63, 3.8) is 0 Å². The summed E-state index contributed by atoms with van der Waals surface area (Å²) in [7, 11) is -3.42. The van der Waals surface area contributed by atoms with Gasteiger partial charge in [0.1, 0.15) is 0 Å². The molecule has 1 N–H and O–H groups in total. The van der Waals surface area contributed by atoms with Crippen LogP contribution >= 0.6 is 0 Å². The lowest BCUT2D eigenvalue weighted by molar-refractivity contribution is 0.0955. The van der Waals surface area contributed by atoms with Gasteiger partial charge in [0.05, 0.1) is 22.5 Å². The summed E-state index contributed by atoms with van der Waals surface area (Å²) < 4.78 is 24.7. The maximum Gasteiger partial charge on any atom is 0.252 e. The smallest absolute Gasteiger partial charge is 0.252 e. The van der Waals surface area contributed by atoms with Crippen molar-refractivity contribution in [2.45, 2.75) is 12.2 Å². The SMILES string of the molecule is CS(=O)(=O)Cc1c(-c2ccccc2)nc2ccccc2c1C(=O)NCCc1ccccc1. The van der Waals surface area contributed by atoms with Crippen LogP contribution in [0, 0.1) is 0 Å². The maximum atomic E-state index is 13.4. The fraction of sp³-hybridized carbons (Fsp3) is 0.154. The Hall–Kier alpha value is -3.51. The number of nitrogens with zero attached hydrogens (tertiary/aromatic N) is 1. The van der Waals surface area contributed by atoms with Crippen LogP contribution in [0.4, 0.5) is 0 Å². The normalized spacial score (nSPS) is 11.4. The first-order valence-electron chi connectivity index (χ1n) is 10.4. The van der Waals surface area contributed by atoms with Gasteiger partial charge in [-0.2, -0.15) is 0 Å². The van der Waals surface area contributed by atoms with Crippen LogP contribution in [-0.4, -0.2) is 32.1 Å². The third-order valence-corrected chi connectivity index (χ3v) is 6.03. The molecule has 1 aromatic heterocycles. The molecule has 0 bridgehead atoms. The summed E-state index contributed by atoms with van der Waals surface area (Å²) in [6, 6.07) is 26.6. The molecule has 0 aliphatic rings. The molecule has 32 heavy (non-hydrogen) atoms. The van der Waals surface area contributed by atoms with E-state index in [0.29, 0.717) is 40.7 Å². The van der Waals surface area contributed by atoms with Crippen LogP contribution in [0.2, 0.25) is 0 Å². The zero-order valence-corrected chi connectivity index (χ0v) is 18.6. The van der Waals surface area contributed by atoms with Gasteiger partial charge >= 0.3 is 0 Å². The summed E-state index contributed by atoms with van der Waals surface area (Å²) in [6.45, 7) is 0.443. The molecular weight excluding hydrogens is 420 g/mol. The van der Waals surface area contributed by atoms with Gasteiger partial charge in [0, 0.05) is 29.3 Å². The van der Waals surface area contributed by atoms with E-state index in [1.165, 1.54) is 6.26 Å². The lowest BCUT2D eigenvalue weighted by Crippen LogP contribution is -2.28. The van der Waals surface area contributed by atoms with Crippen molar-refractivity contribution in [2.75, 3.05) is 12.8 Å². The molecule has 0 atom stereocenters. The summed E-state index contributed by atoms with van der Waals surface area (Å²) in [5.74, 6) is -0.563. The van der Waals surface area contributed by atoms with Crippen molar-refractivity contribution in [1.29, 1.82) is 0 Å². The summed E-state index contributed by atoms with van der Waals surface area (Å²) in [5.41, 5.74) is 3.85. The average molecular weight is 445 g/mol. The number of hydrogen-bond acceptors (Lipinski definition) is 4. The summed E-state index contributed by atoms with van der Waals surface area (Å²) in [6.07, 6.45) is 1.86. The number of carbonyl (C=O) groups is 1. The van der Waals surface area contributed by atoms with Crippen LogP contribution in [0.15, 0.2) is 84.9 Å². The van der Waals surface area contributed by atoms with E-state index in [1.54, 1.807) is 0 Å². The first-order valence-corrected chi connectivity index (χ1v) is 12.5. The summed E-state index contributed by atoms with van der Waals surface area (Å²) in [4.78, 5) is 18.2. The van der Waals surface area contributed by atoms with Crippen molar-refractivity contribution < 1.29 is 13.2 Å². The molecule has 0 unspecified atom stereocenters. The van der Waals surface area contributed by atoms with Crippen LogP contribution in [0.25, 0.3) is 22.2 Å².